The number of urea groups is 1. The minimum absolute atomic E-state index is 0.238. The van der Waals surface area contributed by atoms with Crippen LogP contribution in [0.25, 0.3) is 6.08 Å². The molecule has 0 aromatic heterocycles. The number of barbiturate groups is 1. The molecule has 4 rings (SSSR count). The molecule has 0 unspecified atom stereocenters. The van der Waals surface area contributed by atoms with Crippen molar-refractivity contribution in [2.24, 2.45) is 0 Å². The Balaban J connectivity index is 1.56. The monoisotopic (exact) mass is 643 g/mol. The summed E-state index contributed by atoms with van der Waals surface area (Å²) in [5.41, 5.74) is 2.83. The zero-order valence-corrected chi connectivity index (χ0v) is 23.3. The van der Waals surface area contributed by atoms with Gasteiger partial charge in [-0.05, 0) is 108 Å². The predicted molar refractivity (Wildman–Crippen MR) is 151 cm³/mol. The molecule has 0 bridgehead atoms. The number of halogens is 2. The number of carbonyl (C=O) groups is 4. The average Bonchev–Trinajstić information content (AvgIpc) is 2.89. The summed E-state index contributed by atoms with van der Waals surface area (Å²) in [6.07, 6.45) is 1.36. The molecule has 1 aliphatic rings. The molecular formula is C28H23FIN3O6. The van der Waals surface area contributed by atoms with Crippen molar-refractivity contribution < 1.29 is 33.0 Å². The Morgan fingerprint density at radius 2 is 1.77 bits per heavy atom. The SMILES string of the molecule is COc1cc(/C=C2/C(=O)NC(=O)N(c3ccc(C)c(C)c3)C2=O)cc(I)c1OCC(=O)Nc1ccc(F)cc1. The molecule has 1 fully saturated rings. The van der Waals surface area contributed by atoms with Crippen LogP contribution in [0.4, 0.5) is 20.6 Å². The Morgan fingerprint density at radius 1 is 1.05 bits per heavy atom. The first-order chi connectivity index (χ1) is 18.6. The molecule has 0 atom stereocenters. The van der Waals surface area contributed by atoms with Gasteiger partial charge in [0.2, 0.25) is 0 Å². The van der Waals surface area contributed by atoms with Crippen molar-refractivity contribution in [1.82, 2.24) is 5.32 Å². The van der Waals surface area contributed by atoms with Gasteiger partial charge in [-0.2, -0.15) is 0 Å². The van der Waals surface area contributed by atoms with Crippen molar-refractivity contribution in [2.45, 2.75) is 13.8 Å². The Kier molecular flexibility index (Phi) is 8.29. The van der Waals surface area contributed by atoms with Crippen LogP contribution in [0.5, 0.6) is 11.5 Å². The summed E-state index contributed by atoms with van der Waals surface area (Å²) >= 11 is 1.98. The van der Waals surface area contributed by atoms with Crippen LogP contribution >= 0.6 is 22.6 Å². The van der Waals surface area contributed by atoms with E-state index in [-0.39, 0.29) is 23.7 Å². The van der Waals surface area contributed by atoms with E-state index >= 15 is 0 Å². The standard InChI is InChI=1S/C28H23FIN3O6/c1-15-4-9-20(10-16(15)2)33-27(36)21(26(35)32-28(33)37)11-17-12-22(30)25(23(13-17)38-3)39-14-24(34)31-19-7-5-18(29)6-8-19/h4-13H,14H2,1-3H3,(H,31,34)(H,32,35,37)/b21-11-. The van der Waals surface area contributed by atoms with Gasteiger partial charge in [0.25, 0.3) is 17.7 Å². The quantitative estimate of drug-likeness (QED) is 0.219. The van der Waals surface area contributed by atoms with E-state index < -0.39 is 29.6 Å². The van der Waals surface area contributed by atoms with E-state index in [2.05, 4.69) is 10.6 Å². The lowest BCUT2D eigenvalue weighted by Gasteiger charge is -2.27. The number of anilines is 2. The summed E-state index contributed by atoms with van der Waals surface area (Å²) in [5, 5.41) is 4.81. The molecule has 3 aromatic rings. The lowest BCUT2D eigenvalue weighted by Crippen LogP contribution is -2.54. The van der Waals surface area contributed by atoms with E-state index in [9.17, 15) is 23.6 Å². The number of ether oxygens (including phenoxy) is 2. The maximum Gasteiger partial charge on any atom is 0.335 e. The maximum absolute atomic E-state index is 13.3. The summed E-state index contributed by atoms with van der Waals surface area (Å²) < 4.78 is 24.7. The van der Waals surface area contributed by atoms with E-state index in [0.29, 0.717) is 20.5 Å². The topological polar surface area (TPSA) is 114 Å². The summed E-state index contributed by atoms with van der Waals surface area (Å²) in [6.45, 7) is 3.42. The predicted octanol–water partition coefficient (Wildman–Crippen LogP) is 4.74. The van der Waals surface area contributed by atoms with E-state index in [4.69, 9.17) is 9.47 Å². The fourth-order valence-corrected chi connectivity index (χ4v) is 4.54. The summed E-state index contributed by atoms with van der Waals surface area (Å²) in [6, 6.07) is 12.8. The van der Waals surface area contributed by atoms with E-state index in [1.54, 1.807) is 30.3 Å². The van der Waals surface area contributed by atoms with Gasteiger partial charge in [-0.3, -0.25) is 19.7 Å². The van der Waals surface area contributed by atoms with Crippen LogP contribution in [0.15, 0.2) is 60.2 Å². The van der Waals surface area contributed by atoms with E-state index in [0.717, 1.165) is 16.0 Å². The molecule has 1 aliphatic heterocycles. The van der Waals surface area contributed by atoms with Crippen LogP contribution < -0.4 is 25.0 Å². The number of amides is 5. The third-order valence-corrected chi connectivity index (χ3v) is 6.69. The van der Waals surface area contributed by atoms with Crippen molar-refractivity contribution in [2.75, 3.05) is 23.9 Å². The number of carbonyl (C=O) groups excluding carboxylic acids is 4. The highest BCUT2D eigenvalue weighted by molar-refractivity contribution is 14.1. The molecule has 2 N–H and O–H groups in total. The first kappa shape index (κ1) is 27.8. The number of hydrogen-bond acceptors (Lipinski definition) is 6. The maximum atomic E-state index is 13.3. The highest BCUT2D eigenvalue weighted by atomic mass is 127. The zero-order chi connectivity index (χ0) is 28.3. The molecule has 11 heteroatoms. The van der Waals surface area contributed by atoms with Gasteiger partial charge in [0.1, 0.15) is 11.4 Å². The number of methoxy groups -OCH3 is 1. The van der Waals surface area contributed by atoms with E-state index in [1.165, 1.54) is 37.5 Å². The molecule has 1 saturated heterocycles. The van der Waals surface area contributed by atoms with Gasteiger partial charge in [-0.15, -0.1) is 0 Å². The number of nitrogens with one attached hydrogen (secondary N) is 2. The molecular weight excluding hydrogens is 620 g/mol. The number of benzene rings is 3. The Hall–Kier alpha value is -4.26. The molecule has 0 saturated carbocycles. The van der Waals surface area contributed by atoms with Gasteiger partial charge in [0.15, 0.2) is 18.1 Å². The molecule has 9 nitrogen and oxygen atoms in total. The third-order valence-electron chi connectivity index (χ3n) is 5.89. The molecule has 1 heterocycles. The van der Waals surface area contributed by atoms with Crippen molar-refractivity contribution in [3.8, 4) is 11.5 Å². The number of imide groups is 2. The molecule has 0 aliphatic carbocycles. The van der Waals surface area contributed by atoms with Gasteiger partial charge in [0.05, 0.1) is 16.4 Å². The fraction of sp³-hybridized carbons (Fsp3) is 0.143. The first-order valence-electron chi connectivity index (χ1n) is 11.6. The molecule has 5 amide bonds. The second kappa shape index (κ2) is 11.6. The van der Waals surface area contributed by atoms with Crippen LogP contribution in [-0.2, 0) is 14.4 Å². The molecule has 0 spiro atoms. The minimum atomic E-state index is -0.833. The summed E-state index contributed by atoms with van der Waals surface area (Å²) in [7, 11) is 1.41. The smallest absolute Gasteiger partial charge is 0.335 e. The van der Waals surface area contributed by atoms with Gasteiger partial charge in [-0.1, -0.05) is 6.07 Å². The lowest BCUT2D eigenvalue weighted by atomic mass is 10.0. The highest BCUT2D eigenvalue weighted by Gasteiger charge is 2.37. The van der Waals surface area contributed by atoms with Crippen LogP contribution in [0, 0.1) is 23.2 Å². The summed E-state index contributed by atoms with van der Waals surface area (Å²) in [5.74, 6) is -1.94. The summed E-state index contributed by atoms with van der Waals surface area (Å²) in [4.78, 5) is 51.6. The first-order valence-corrected chi connectivity index (χ1v) is 12.7. The largest absolute Gasteiger partial charge is 0.493 e. The van der Waals surface area contributed by atoms with Crippen molar-refractivity contribution >= 4 is 63.8 Å². The Bertz CT molecular complexity index is 1520. The van der Waals surface area contributed by atoms with Crippen LogP contribution in [-0.4, -0.2) is 37.5 Å². The molecule has 3 aromatic carbocycles. The van der Waals surface area contributed by atoms with E-state index in [1.807, 2.05) is 36.4 Å². The fourth-order valence-electron chi connectivity index (χ4n) is 3.75. The zero-order valence-electron chi connectivity index (χ0n) is 21.1. The van der Waals surface area contributed by atoms with Crippen molar-refractivity contribution in [1.29, 1.82) is 0 Å². The minimum Gasteiger partial charge on any atom is -0.493 e. The van der Waals surface area contributed by atoms with Crippen LogP contribution in [0.2, 0.25) is 0 Å². The molecule has 0 radical (unpaired) electrons. The number of aryl methyl sites for hydroxylation is 2. The second-order valence-electron chi connectivity index (χ2n) is 8.60. The van der Waals surface area contributed by atoms with Crippen LogP contribution in [0.1, 0.15) is 16.7 Å². The second-order valence-corrected chi connectivity index (χ2v) is 9.77. The lowest BCUT2D eigenvalue weighted by molar-refractivity contribution is -0.122. The van der Waals surface area contributed by atoms with Crippen molar-refractivity contribution in [3.05, 3.63) is 86.2 Å². The number of hydrogen-bond donors (Lipinski definition) is 2. The van der Waals surface area contributed by atoms with Crippen molar-refractivity contribution in [3.63, 3.8) is 0 Å². The van der Waals surface area contributed by atoms with Crippen LogP contribution in [0.3, 0.4) is 0 Å². The van der Waals surface area contributed by atoms with Gasteiger partial charge in [-0.25, -0.2) is 14.1 Å². The average molecular weight is 643 g/mol. The van der Waals surface area contributed by atoms with Gasteiger partial charge >= 0.3 is 6.03 Å². The van der Waals surface area contributed by atoms with Gasteiger partial charge < -0.3 is 14.8 Å². The normalized spacial score (nSPS) is 14.3. The van der Waals surface area contributed by atoms with Gasteiger partial charge in [0, 0.05) is 5.69 Å². The third kappa shape index (κ3) is 6.25. The molecule has 200 valence electrons. The molecule has 39 heavy (non-hydrogen) atoms. The highest BCUT2D eigenvalue weighted by Crippen LogP contribution is 2.35. The Morgan fingerprint density at radius 3 is 2.44 bits per heavy atom. The Labute approximate surface area is 237 Å². The number of nitrogens with zero attached hydrogens (tertiary/aromatic N) is 1. The number of rotatable bonds is 7.